The van der Waals surface area contributed by atoms with E-state index in [-0.39, 0.29) is 22.1 Å². The summed E-state index contributed by atoms with van der Waals surface area (Å²) in [7, 11) is -3.57. The number of nitrogens with zero attached hydrogens (tertiary/aromatic N) is 2. The third kappa shape index (κ3) is 5.11. The molecule has 2 aromatic rings. The number of carbonyl (C=O) groups excluding carboxylic acids is 1. The van der Waals surface area contributed by atoms with E-state index in [1.807, 2.05) is 19.1 Å². The van der Waals surface area contributed by atoms with Crippen LogP contribution in [0.3, 0.4) is 0 Å². The molecular weight excluding hydrogens is 434 g/mol. The van der Waals surface area contributed by atoms with Gasteiger partial charge in [0.05, 0.1) is 29.5 Å². The van der Waals surface area contributed by atoms with Crippen LogP contribution in [0.15, 0.2) is 52.5 Å². The largest absolute Gasteiger partial charge is 0.379 e. The summed E-state index contributed by atoms with van der Waals surface area (Å²) in [6.07, 6.45) is 4.42. The zero-order valence-electron chi connectivity index (χ0n) is 17.5. The Hall–Kier alpha value is -1.94. The van der Waals surface area contributed by atoms with Crippen LogP contribution in [-0.4, -0.2) is 55.2 Å². The lowest BCUT2D eigenvalue weighted by Crippen LogP contribution is -2.40. The number of rotatable bonds is 6. The fourth-order valence-electron chi connectivity index (χ4n) is 3.95. The molecule has 0 saturated carbocycles. The second-order valence-electron chi connectivity index (χ2n) is 7.76. The SMILES string of the molecule is CC(Sc1ccc(S(=O)(=O)N2CCOCC2)cn1)C(=O)NC1CCCc2ccccc21. The first-order valence-corrected chi connectivity index (χ1v) is 12.9. The highest BCUT2D eigenvalue weighted by atomic mass is 32.2. The zero-order valence-corrected chi connectivity index (χ0v) is 19.1. The average Bonchev–Trinajstić information content (AvgIpc) is 2.80. The lowest BCUT2D eigenvalue weighted by Gasteiger charge is -2.27. The van der Waals surface area contributed by atoms with E-state index < -0.39 is 10.0 Å². The summed E-state index contributed by atoms with van der Waals surface area (Å²) in [5.74, 6) is -0.0430. The third-order valence-corrected chi connectivity index (χ3v) is 8.60. The number of amides is 1. The number of sulfonamides is 1. The normalized spacial score (nSPS) is 20.6. The maximum Gasteiger partial charge on any atom is 0.244 e. The van der Waals surface area contributed by atoms with Gasteiger partial charge in [-0.25, -0.2) is 13.4 Å². The summed E-state index contributed by atoms with van der Waals surface area (Å²) < 4.78 is 32.1. The number of morpholine rings is 1. The second kappa shape index (κ2) is 9.68. The molecule has 1 amide bonds. The maximum atomic E-state index is 12.8. The zero-order chi connectivity index (χ0) is 21.8. The van der Waals surface area contributed by atoms with Crippen LogP contribution in [0.1, 0.15) is 36.9 Å². The molecule has 0 bridgehead atoms. The Balaban J connectivity index is 1.37. The summed E-state index contributed by atoms with van der Waals surface area (Å²) in [5, 5.41) is 3.45. The van der Waals surface area contributed by atoms with E-state index in [1.165, 1.54) is 33.4 Å². The number of fused-ring (bicyclic) bond motifs is 1. The van der Waals surface area contributed by atoms with Crippen LogP contribution >= 0.6 is 11.8 Å². The first-order chi connectivity index (χ1) is 14.9. The molecule has 1 aliphatic heterocycles. The highest BCUT2D eigenvalue weighted by Crippen LogP contribution is 2.30. The van der Waals surface area contributed by atoms with E-state index in [4.69, 9.17) is 4.74 Å². The molecule has 1 fully saturated rings. The van der Waals surface area contributed by atoms with Crippen LogP contribution in [0.5, 0.6) is 0 Å². The van der Waals surface area contributed by atoms with Crippen molar-refractivity contribution in [3.8, 4) is 0 Å². The lowest BCUT2D eigenvalue weighted by atomic mass is 9.88. The molecule has 2 atom stereocenters. The van der Waals surface area contributed by atoms with Crippen LogP contribution in [-0.2, 0) is 26.0 Å². The topological polar surface area (TPSA) is 88.6 Å². The Bertz CT molecular complexity index is 1020. The van der Waals surface area contributed by atoms with E-state index in [0.717, 1.165) is 19.3 Å². The van der Waals surface area contributed by atoms with Crippen LogP contribution in [0.25, 0.3) is 0 Å². The van der Waals surface area contributed by atoms with Gasteiger partial charge in [0.25, 0.3) is 0 Å². The van der Waals surface area contributed by atoms with E-state index in [1.54, 1.807) is 12.1 Å². The highest BCUT2D eigenvalue weighted by Gasteiger charge is 2.27. The first kappa shape index (κ1) is 22.3. The van der Waals surface area contributed by atoms with Gasteiger partial charge in [0, 0.05) is 19.3 Å². The van der Waals surface area contributed by atoms with Gasteiger partial charge in [-0.05, 0) is 49.4 Å². The quantitative estimate of drug-likeness (QED) is 0.666. The number of aromatic nitrogens is 1. The van der Waals surface area contributed by atoms with Crippen molar-refractivity contribution in [3.63, 3.8) is 0 Å². The van der Waals surface area contributed by atoms with Crippen LogP contribution in [0.4, 0.5) is 0 Å². The van der Waals surface area contributed by atoms with Crippen LogP contribution < -0.4 is 5.32 Å². The molecule has 9 heteroatoms. The molecule has 0 radical (unpaired) electrons. The molecule has 4 rings (SSSR count). The Morgan fingerprint density at radius 2 is 2.00 bits per heavy atom. The lowest BCUT2D eigenvalue weighted by molar-refractivity contribution is -0.121. The smallest absolute Gasteiger partial charge is 0.244 e. The summed E-state index contributed by atoms with van der Waals surface area (Å²) in [4.78, 5) is 17.2. The molecule has 1 N–H and O–H groups in total. The summed E-state index contributed by atoms with van der Waals surface area (Å²) in [6, 6.07) is 11.5. The van der Waals surface area contributed by atoms with Crippen molar-refractivity contribution < 1.29 is 17.9 Å². The summed E-state index contributed by atoms with van der Waals surface area (Å²) in [5.41, 5.74) is 2.51. The number of thioether (sulfide) groups is 1. The van der Waals surface area contributed by atoms with Crippen molar-refractivity contribution in [1.29, 1.82) is 0 Å². The van der Waals surface area contributed by atoms with E-state index in [0.29, 0.717) is 31.3 Å². The van der Waals surface area contributed by atoms with E-state index >= 15 is 0 Å². The minimum atomic E-state index is -3.57. The molecule has 2 heterocycles. The fraction of sp³-hybridized carbons (Fsp3) is 0.455. The monoisotopic (exact) mass is 461 g/mol. The molecule has 2 aliphatic rings. The first-order valence-electron chi connectivity index (χ1n) is 10.5. The van der Waals surface area contributed by atoms with Gasteiger partial charge in [-0.1, -0.05) is 36.0 Å². The van der Waals surface area contributed by atoms with Crippen molar-refractivity contribution in [2.24, 2.45) is 0 Å². The average molecular weight is 462 g/mol. The number of ether oxygens (including phenoxy) is 1. The van der Waals surface area contributed by atoms with Crippen molar-refractivity contribution in [2.45, 2.75) is 47.4 Å². The van der Waals surface area contributed by atoms with E-state index in [2.05, 4.69) is 22.4 Å². The number of carbonyl (C=O) groups is 1. The van der Waals surface area contributed by atoms with Crippen molar-refractivity contribution >= 4 is 27.7 Å². The maximum absolute atomic E-state index is 12.8. The van der Waals surface area contributed by atoms with Crippen LogP contribution in [0, 0.1) is 0 Å². The Kier molecular flexibility index (Phi) is 6.95. The molecule has 0 spiro atoms. The van der Waals surface area contributed by atoms with Crippen molar-refractivity contribution in [2.75, 3.05) is 26.3 Å². The van der Waals surface area contributed by atoms with Crippen LogP contribution in [0.2, 0.25) is 0 Å². The standard InChI is InChI=1S/C22H27N3O4S2/c1-16(22(26)24-20-8-4-6-17-5-2-3-7-19(17)20)30-21-10-9-18(15-23-21)31(27,28)25-11-13-29-14-12-25/h2-3,5,7,9-10,15-16,20H,4,6,8,11-14H2,1H3,(H,24,26). The molecule has 7 nitrogen and oxygen atoms in total. The van der Waals surface area contributed by atoms with Gasteiger partial charge in [0.15, 0.2) is 0 Å². The van der Waals surface area contributed by atoms with E-state index in [9.17, 15) is 13.2 Å². The molecular formula is C22H27N3O4S2. The fourth-order valence-corrected chi connectivity index (χ4v) is 6.10. The van der Waals surface area contributed by atoms with Gasteiger partial charge in [0.2, 0.25) is 15.9 Å². The summed E-state index contributed by atoms with van der Waals surface area (Å²) >= 11 is 1.32. The molecule has 1 saturated heterocycles. The number of pyridine rings is 1. The number of hydrogen-bond donors (Lipinski definition) is 1. The van der Waals surface area contributed by atoms with Crippen molar-refractivity contribution in [1.82, 2.24) is 14.6 Å². The molecule has 31 heavy (non-hydrogen) atoms. The predicted octanol–water partition coefficient (Wildman–Crippen LogP) is 2.78. The number of benzene rings is 1. The van der Waals surface area contributed by atoms with Gasteiger partial charge in [-0.3, -0.25) is 4.79 Å². The van der Waals surface area contributed by atoms with Gasteiger partial charge in [0.1, 0.15) is 4.90 Å². The Labute approximate surface area is 187 Å². The third-order valence-electron chi connectivity index (χ3n) is 5.67. The van der Waals surface area contributed by atoms with Gasteiger partial charge >= 0.3 is 0 Å². The summed E-state index contributed by atoms with van der Waals surface area (Å²) in [6.45, 7) is 3.34. The second-order valence-corrected chi connectivity index (χ2v) is 11.1. The number of hydrogen-bond acceptors (Lipinski definition) is 6. The number of nitrogens with one attached hydrogen (secondary N) is 1. The molecule has 166 valence electrons. The van der Waals surface area contributed by atoms with Gasteiger partial charge < -0.3 is 10.1 Å². The molecule has 1 aromatic carbocycles. The minimum absolute atomic E-state index is 0.0366. The minimum Gasteiger partial charge on any atom is -0.379 e. The molecule has 1 aliphatic carbocycles. The van der Waals surface area contributed by atoms with Crippen molar-refractivity contribution in [3.05, 3.63) is 53.7 Å². The number of aryl methyl sites for hydroxylation is 1. The predicted molar refractivity (Wildman–Crippen MR) is 119 cm³/mol. The highest BCUT2D eigenvalue weighted by molar-refractivity contribution is 8.00. The Morgan fingerprint density at radius 1 is 1.23 bits per heavy atom. The molecule has 2 unspecified atom stereocenters. The molecule has 1 aromatic heterocycles. The van der Waals surface area contributed by atoms with Gasteiger partial charge in [-0.15, -0.1) is 0 Å². The van der Waals surface area contributed by atoms with Gasteiger partial charge in [-0.2, -0.15) is 4.31 Å². The Morgan fingerprint density at radius 3 is 2.74 bits per heavy atom.